The van der Waals surface area contributed by atoms with Crippen LogP contribution in [-0.2, 0) is 0 Å². The van der Waals surface area contributed by atoms with Gasteiger partial charge in [0.05, 0.1) is 12.2 Å². The lowest BCUT2D eigenvalue weighted by atomic mass is 10.1. The van der Waals surface area contributed by atoms with Crippen molar-refractivity contribution in [2.75, 3.05) is 6.61 Å². The van der Waals surface area contributed by atoms with Gasteiger partial charge in [0.2, 0.25) is 5.88 Å². The molecule has 0 aliphatic rings. The van der Waals surface area contributed by atoms with Crippen LogP contribution in [0.25, 0.3) is 0 Å². The van der Waals surface area contributed by atoms with Crippen molar-refractivity contribution < 1.29 is 4.74 Å². The average molecular weight is 266 g/mol. The van der Waals surface area contributed by atoms with E-state index < -0.39 is 0 Å². The molecule has 1 heterocycles. The minimum atomic E-state index is 0.349. The molecule has 0 amide bonds. The summed E-state index contributed by atoms with van der Waals surface area (Å²) in [5, 5.41) is 0. The third-order valence-electron chi connectivity index (χ3n) is 2.86. The summed E-state index contributed by atoms with van der Waals surface area (Å²) in [7, 11) is 0. The maximum Gasteiger partial charge on any atom is 0.223 e. The molecule has 1 aromatic rings. The second kappa shape index (κ2) is 8.03. The van der Waals surface area contributed by atoms with E-state index in [0.717, 1.165) is 17.5 Å². The quantitative estimate of drug-likeness (QED) is 0.579. The first-order chi connectivity index (χ1) is 8.66. The maximum absolute atomic E-state index is 5.70. The van der Waals surface area contributed by atoms with Crippen molar-refractivity contribution in [2.45, 2.75) is 46.0 Å². The van der Waals surface area contributed by atoms with Gasteiger partial charge in [0.1, 0.15) is 4.99 Å². The van der Waals surface area contributed by atoms with Crippen LogP contribution in [0.1, 0.15) is 50.2 Å². The summed E-state index contributed by atoms with van der Waals surface area (Å²) in [6.45, 7) is 4.85. The highest BCUT2D eigenvalue weighted by atomic mass is 32.1. The smallest absolute Gasteiger partial charge is 0.223 e. The van der Waals surface area contributed by atoms with Crippen molar-refractivity contribution in [3.63, 3.8) is 0 Å². The van der Waals surface area contributed by atoms with Crippen LogP contribution in [-0.4, -0.2) is 16.6 Å². The topological polar surface area (TPSA) is 48.1 Å². The monoisotopic (exact) mass is 266 g/mol. The van der Waals surface area contributed by atoms with E-state index in [1.165, 1.54) is 25.7 Å². The molecule has 0 aromatic carbocycles. The van der Waals surface area contributed by atoms with Crippen LogP contribution in [0.3, 0.4) is 0 Å². The van der Waals surface area contributed by atoms with E-state index in [0.29, 0.717) is 17.5 Å². The molecule has 100 valence electrons. The number of thiocarbonyl (C=S) groups is 1. The Morgan fingerprint density at radius 3 is 2.72 bits per heavy atom. The zero-order chi connectivity index (χ0) is 13.4. The first-order valence-electron chi connectivity index (χ1n) is 6.55. The van der Waals surface area contributed by atoms with Gasteiger partial charge in [0, 0.05) is 6.20 Å². The van der Waals surface area contributed by atoms with Gasteiger partial charge in [-0.05, 0) is 25.0 Å². The summed E-state index contributed by atoms with van der Waals surface area (Å²) in [6.07, 6.45) is 7.79. The third kappa shape index (κ3) is 4.61. The second-order valence-corrected chi connectivity index (χ2v) is 4.87. The van der Waals surface area contributed by atoms with Crippen molar-refractivity contribution in [1.82, 2.24) is 4.98 Å². The van der Waals surface area contributed by atoms with Crippen LogP contribution in [0, 0.1) is 6.92 Å². The number of rotatable bonds is 8. The lowest BCUT2D eigenvalue weighted by molar-refractivity contribution is 0.292. The van der Waals surface area contributed by atoms with Crippen LogP contribution in [0.2, 0.25) is 0 Å². The summed E-state index contributed by atoms with van der Waals surface area (Å²) in [4.78, 5) is 4.55. The Hall–Kier alpha value is -1.16. The Morgan fingerprint density at radius 2 is 2.06 bits per heavy atom. The van der Waals surface area contributed by atoms with Crippen molar-refractivity contribution in [2.24, 2.45) is 5.73 Å². The van der Waals surface area contributed by atoms with E-state index in [4.69, 9.17) is 22.7 Å². The molecule has 0 bridgehead atoms. The first kappa shape index (κ1) is 14.9. The molecule has 0 fully saturated rings. The number of aromatic nitrogens is 1. The fourth-order valence-corrected chi connectivity index (χ4v) is 2.07. The number of hydrogen-bond acceptors (Lipinski definition) is 3. The SMILES string of the molecule is CCCCCCCOc1nccc(C)c1C(N)=S. The van der Waals surface area contributed by atoms with Gasteiger partial charge < -0.3 is 10.5 Å². The van der Waals surface area contributed by atoms with Crippen molar-refractivity contribution in [1.29, 1.82) is 0 Å². The van der Waals surface area contributed by atoms with Crippen LogP contribution in [0.4, 0.5) is 0 Å². The highest BCUT2D eigenvalue weighted by molar-refractivity contribution is 7.80. The number of aryl methyl sites for hydroxylation is 1. The van der Waals surface area contributed by atoms with Gasteiger partial charge in [0.15, 0.2) is 0 Å². The fraction of sp³-hybridized carbons (Fsp3) is 0.571. The summed E-state index contributed by atoms with van der Waals surface area (Å²) >= 11 is 5.03. The average Bonchev–Trinajstić information content (AvgIpc) is 2.33. The predicted molar refractivity (Wildman–Crippen MR) is 79.1 cm³/mol. The summed E-state index contributed by atoms with van der Waals surface area (Å²) < 4.78 is 5.68. The molecule has 1 rings (SSSR count). The molecule has 0 saturated heterocycles. The fourth-order valence-electron chi connectivity index (χ4n) is 1.82. The number of hydrogen-bond donors (Lipinski definition) is 1. The predicted octanol–water partition coefficient (Wildman–Crippen LogP) is 3.37. The van der Waals surface area contributed by atoms with Crippen molar-refractivity contribution in [3.8, 4) is 5.88 Å². The van der Waals surface area contributed by atoms with E-state index >= 15 is 0 Å². The molecule has 0 saturated carbocycles. The molecule has 18 heavy (non-hydrogen) atoms. The molecule has 0 spiro atoms. The van der Waals surface area contributed by atoms with Crippen LogP contribution >= 0.6 is 12.2 Å². The Bertz CT molecular complexity index is 393. The molecule has 2 N–H and O–H groups in total. The van der Waals surface area contributed by atoms with Gasteiger partial charge in [-0.3, -0.25) is 0 Å². The lowest BCUT2D eigenvalue weighted by Gasteiger charge is -2.11. The van der Waals surface area contributed by atoms with E-state index in [-0.39, 0.29) is 0 Å². The number of nitrogens with two attached hydrogens (primary N) is 1. The number of pyridine rings is 1. The van der Waals surface area contributed by atoms with Gasteiger partial charge in [-0.25, -0.2) is 4.98 Å². The first-order valence-corrected chi connectivity index (χ1v) is 6.95. The Balaban J connectivity index is 2.47. The maximum atomic E-state index is 5.70. The van der Waals surface area contributed by atoms with E-state index in [1.807, 2.05) is 13.0 Å². The molecule has 1 aromatic heterocycles. The van der Waals surface area contributed by atoms with Gasteiger partial charge in [-0.15, -0.1) is 0 Å². The lowest BCUT2D eigenvalue weighted by Crippen LogP contribution is -2.15. The molecular formula is C14H22N2OS. The van der Waals surface area contributed by atoms with Gasteiger partial charge in [0.25, 0.3) is 0 Å². The largest absolute Gasteiger partial charge is 0.477 e. The minimum Gasteiger partial charge on any atom is -0.477 e. The molecule has 0 atom stereocenters. The Morgan fingerprint density at radius 1 is 1.33 bits per heavy atom. The van der Waals surface area contributed by atoms with E-state index in [2.05, 4.69) is 11.9 Å². The van der Waals surface area contributed by atoms with Crippen LogP contribution in [0.5, 0.6) is 5.88 Å². The number of ether oxygens (including phenoxy) is 1. The number of unbranched alkanes of at least 4 members (excludes halogenated alkanes) is 4. The standard InChI is InChI=1S/C14H22N2OS/c1-3-4-5-6-7-10-17-14-12(13(15)18)11(2)8-9-16-14/h8-9H,3-7,10H2,1-2H3,(H2,15,18). The van der Waals surface area contributed by atoms with Gasteiger partial charge in [-0.1, -0.05) is 44.8 Å². The minimum absolute atomic E-state index is 0.349. The highest BCUT2D eigenvalue weighted by Crippen LogP contribution is 2.19. The molecule has 0 aliphatic heterocycles. The van der Waals surface area contributed by atoms with E-state index in [9.17, 15) is 0 Å². The third-order valence-corrected chi connectivity index (χ3v) is 3.06. The Labute approximate surface area is 115 Å². The molecule has 0 radical (unpaired) electrons. The number of nitrogens with zero attached hydrogens (tertiary/aromatic N) is 1. The Kier molecular flexibility index (Phi) is 6.65. The second-order valence-electron chi connectivity index (χ2n) is 4.43. The molecular weight excluding hydrogens is 244 g/mol. The van der Waals surface area contributed by atoms with Crippen LogP contribution in [0.15, 0.2) is 12.3 Å². The highest BCUT2D eigenvalue weighted by Gasteiger charge is 2.10. The molecule has 3 nitrogen and oxygen atoms in total. The van der Waals surface area contributed by atoms with E-state index in [1.54, 1.807) is 6.20 Å². The summed E-state index contributed by atoms with van der Waals surface area (Å²) in [5.41, 5.74) is 7.47. The zero-order valence-corrected chi connectivity index (χ0v) is 12.1. The summed E-state index contributed by atoms with van der Waals surface area (Å²) in [5.74, 6) is 0.568. The molecule has 4 heteroatoms. The molecule has 0 unspecified atom stereocenters. The summed E-state index contributed by atoms with van der Waals surface area (Å²) in [6, 6.07) is 1.89. The zero-order valence-electron chi connectivity index (χ0n) is 11.2. The van der Waals surface area contributed by atoms with Crippen molar-refractivity contribution >= 4 is 17.2 Å². The van der Waals surface area contributed by atoms with Crippen molar-refractivity contribution in [3.05, 3.63) is 23.4 Å². The van der Waals surface area contributed by atoms with Gasteiger partial charge in [-0.2, -0.15) is 0 Å². The van der Waals surface area contributed by atoms with Gasteiger partial charge >= 0.3 is 0 Å². The molecule has 0 aliphatic carbocycles. The van der Waals surface area contributed by atoms with Crippen LogP contribution < -0.4 is 10.5 Å². The normalized spacial score (nSPS) is 10.3.